The summed E-state index contributed by atoms with van der Waals surface area (Å²) in [5, 5.41) is 9.24. The summed E-state index contributed by atoms with van der Waals surface area (Å²) in [5.74, 6) is 0. The number of benzene rings is 1. The van der Waals surface area contributed by atoms with Crippen LogP contribution in [0.1, 0.15) is 25.5 Å². The Morgan fingerprint density at radius 2 is 2.32 bits per heavy atom. The van der Waals surface area contributed by atoms with Crippen LogP contribution in [0.2, 0.25) is 0 Å². The number of hydrogen-bond acceptors (Lipinski definition) is 4. The van der Waals surface area contributed by atoms with E-state index in [9.17, 15) is 5.11 Å². The van der Waals surface area contributed by atoms with E-state index in [0.29, 0.717) is 19.2 Å². The van der Waals surface area contributed by atoms with Crippen molar-refractivity contribution in [1.29, 1.82) is 0 Å². The molecule has 0 spiro atoms. The summed E-state index contributed by atoms with van der Waals surface area (Å²) in [6.07, 6.45) is -0.108. The van der Waals surface area contributed by atoms with Crippen LogP contribution in [-0.2, 0) is 4.74 Å². The van der Waals surface area contributed by atoms with Crippen molar-refractivity contribution in [2.45, 2.75) is 32.0 Å². The Hall–Kier alpha value is -0.620. The molecule has 1 saturated heterocycles. The van der Waals surface area contributed by atoms with E-state index in [1.807, 2.05) is 6.92 Å². The van der Waals surface area contributed by atoms with Crippen molar-refractivity contribution in [3.8, 4) is 0 Å². The quantitative estimate of drug-likeness (QED) is 0.891. The van der Waals surface area contributed by atoms with Gasteiger partial charge < -0.3 is 20.5 Å². The van der Waals surface area contributed by atoms with Crippen molar-refractivity contribution in [3.05, 3.63) is 28.2 Å². The minimum Gasteiger partial charge on any atom is -0.394 e. The largest absolute Gasteiger partial charge is 0.394 e. The molecule has 0 amide bonds. The average molecular weight is 329 g/mol. The molecule has 1 aromatic carbocycles. The summed E-state index contributed by atoms with van der Waals surface area (Å²) in [7, 11) is 0. The van der Waals surface area contributed by atoms with Crippen LogP contribution < -0.4 is 10.6 Å². The molecule has 1 aliphatic rings. The molecule has 106 valence electrons. The van der Waals surface area contributed by atoms with Gasteiger partial charge in [-0.05, 0) is 31.5 Å². The van der Waals surface area contributed by atoms with Gasteiger partial charge in [0.05, 0.1) is 19.3 Å². The Balaban J connectivity index is 2.23. The molecule has 0 radical (unpaired) electrons. The number of hydrogen-bond donors (Lipinski definition) is 2. The van der Waals surface area contributed by atoms with E-state index in [1.54, 1.807) is 0 Å². The van der Waals surface area contributed by atoms with Gasteiger partial charge in [-0.25, -0.2) is 0 Å². The van der Waals surface area contributed by atoms with Crippen LogP contribution in [-0.4, -0.2) is 37.0 Å². The van der Waals surface area contributed by atoms with Crippen LogP contribution in [0.25, 0.3) is 0 Å². The van der Waals surface area contributed by atoms with Gasteiger partial charge in [-0.1, -0.05) is 22.0 Å². The van der Waals surface area contributed by atoms with Gasteiger partial charge in [0.25, 0.3) is 0 Å². The molecule has 0 bridgehead atoms. The third-order valence-corrected chi connectivity index (χ3v) is 4.20. The summed E-state index contributed by atoms with van der Waals surface area (Å²) in [4.78, 5) is 2.26. The number of aliphatic hydroxyl groups excluding tert-OH is 1. The molecular weight excluding hydrogens is 308 g/mol. The maximum absolute atomic E-state index is 9.24. The number of morpholine rings is 1. The summed E-state index contributed by atoms with van der Waals surface area (Å²) < 4.78 is 6.59. The van der Waals surface area contributed by atoms with E-state index in [4.69, 9.17) is 10.5 Å². The van der Waals surface area contributed by atoms with Crippen molar-refractivity contribution >= 4 is 21.6 Å². The van der Waals surface area contributed by atoms with Gasteiger partial charge in [0.15, 0.2) is 0 Å². The molecule has 5 heteroatoms. The number of rotatable bonds is 3. The summed E-state index contributed by atoms with van der Waals surface area (Å²) in [6, 6.07) is 6.54. The minimum atomic E-state index is -0.108. The highest BCUT2D eigenvalue weighted by Gasteiger charge is 2.26. The maximum atomic E-state index is 9.24. The monoisotopic (exact) mass is 328 g/mol. The molecule has 2 rings (SSSR count). The molecule has 19 heavy (non-hydrogen) atoms. The highest BCUT2D eigenvalue weighted by molar-refractivity contribution is 9.10. The third kappa shape index (κ3) is 3.28. The summed E-state index contributed by atoms with van der Waals surface area (Å²) >= 11 is 3.58. The topological polar surface area (TPSA) is 58.7 Å². The lowest BCUT2D eigenvalue weighted by atomic mass is 10.1. The number of anilines is 1. The van der Waals surface area contributed by atoms with E-state index in [-0.39, 0.29) is 18.8 Å². The second kappa shape index (κ2) is 6.22. The Kier molecular flexibility index (Phi) is 4.84. The maximum Gasteiger partial charge on any atom is 0.0981 e. The average Bonchev–Trinajstić information content (AvgIpc) is 2.38. The zero-order valence-corrected chi connectivity index (χ0v) is 12.9. The molecular formula is C14H21BrN2O2. The third-order valence-electron chi connectivity index (χ3n) is 3.52. The highest BCUT2D eigenvalue weighted by Crippen LogP contribution is 2.29. The molecule has 0 aliphatic carbocycles. The van der Waals surface area contributed by atoms with Gasteiger partial charge in [0.1, 0.15) is 0 Å². The Labute approximate surface area is 122 Å². The lowest BCUT2D eigenvalue weighted by Crippen LogP contribution is -2.49. The van der Waals surface area contributed by atoms with Crippen LogP contribution in [0.15, 0.2) is 22.7 Å². The fourth-order valence-electron chi connectivity index (χ4n) is 2.35. The molecule has 1 heterocycles. The Bertz CT molecular complexity index is 439. The standard InChI is InChI=1S/C14H21BrN2O2/c1-9-8-19-12(7-18)6-17(9)11-3-4-13(10(2)16)14(15)5-11/h3-5,9-10,12,18H,6-8,16H2,1-2H3. The lowest BCUT2D eigenvalue weighted by Gasteiger charge is -2.39. The zero-order chi connectivity index (χ0) is 14.0. The number of aliphatic hydroxyl groups is 1. The van der Waals surface area contributed by atoms with Crippen LogP contribution in [0.4, 0.5) is 5.69 Å². The second-order valence-electron chi connectivity index (χ2n) is 5.13. The molecule has 1 fully saturated rings. The SMILES string of the molecule is CC(N)c1ccc(N2CC(CO)OCC2C)cc1Br. The van der Waals surface area contributed by atoms with Crippen LogP contribution >= 0.6 is 15.9 Å². The van der Waals surface area contributed by atoms with Gasteiger partial charge in [-0.15, -0.1) is 0 Å². The van der Waals surface area contributed by atoms with Crippen LogP contribution in [0, 0.1) is 0 Å². The first-order valence-electron chi connectivity index (χ1n) is 6.57. The predicted octanol–water partition coefficient (Wildman–Crippen LogP) is 2.05. The van der Waals surface area contributed by atoms with Crippen molar-refractivity contribution < 1.29 is 9.84 Å². The van der Waals surface area contributed by atoms with Gasteiger partial charge in [0, 0.05) is 28.8 Å². The van der Waals surface area contributed by atoms with Gasteiger partial charge >= 0.3 is 0 Å². The molecule has 1 aromatic rings. The molecule has 3 atom stereocenters. The molecule has 1 aliphatic heterocycles. The van der Waals surface area contributed by atoms with E-state index in [2.05, 4.69) is 46.0 Å². The van der Waals surface area contributed by atoms with Crippen molar-refractivity contribution in [1.82, 2.24) is 0 Å². The molecule has 0 aromatic heterocycles. The summed E-state index contributed by atoms with van der Waals surface area (Å²) in [6.45, 7) is 5.50. The lowest BCUT2D eigenvalue weighted by molar-refractivity contribution is -0.0103. The first-order valence-corrected chi connectivity index (χ1v) is 7.36. The van der Waals surface area contributed by atoms with Crippen molar-refractivity contribution in [2.75, 3.05) is 24.7 Å². The fourth-order valence-corrected chi connectivity index (χ4v) is 3.08. The minimum absolute atomic E-state index is 0.00993. The predicted molar refractivity (Wildman–Crippen MR) is 80.4 cm³/mol. The van der Waals surface area contributed by atoms with E-state index in [0.717, 1.165) is 15.7 Å². The number of halogens is 1. The molecule has 0 saturated carbocycles. The molecule has 4 nitrogen and oxygen atoms in total. The van der Waals surface area contributed by atoms with E-state index in [1.165, 1.54) is 0 Å². The van der Waals surface area contributed by atoms with Gasteiger partial charge in [-0.3, -0.25) is 0 Å². The normalized spacial score (nSPS) is 25.4. The van der Waals surface area contributed by atoms with Gasteiger partial charge in [0.2, 0.25) is 0 Å². The number of nitrogens with two attached hydrogens (primary N) is 1. The van der Waals surface area contributed by atoms with E-state index < -0.39 is 0 Å². The van der Waals surface area contributed by atoms with Crippen LogP contribution in [0.3, 0.4) is 0 Å². The summed E-state index contributed by atoms with van der Waals surface area (Å²) in [5.41, 5.74) is 8.15. The first-order chi connectivity index (χ1) is 9.02. The Morgan fingerprint density at radius 1 is 1.58 bits per heavy atom. The Morgan fingerprint density at radius 3 is 2.89 bits per heavy atom. The molecule has 3 unspecified atom stereocenters. The van der Waals surface area contributed by atoms with Crippen molar-refractivity contribution in [3.63, 3.8) is 0 Å². The fraction of sp³-hybridized carbons (Fsp3) is 0.571. The highest BCUT2D eigenvalue weighted by atomic mass is 79.9. The number of nitrogens with zero attached hydrogens (tertiary/aromatic N) is 1. The van der Waals surface area contributed by atoms with E-state index >= 15 is 0 Å². The number of ether oxygens (including phenoxy) is 1. The second-order valence-corrected chi connectivity index (χ2v) is 5.99. The smallest absolute Gasteiger partial charge is 0.0981 e. The van der Waals surface area contributed by atoms with Crippen LogP contribution in [0.5, 0.6) is 0 Å². The first kappa shape index (κ1) is 14.8. The van der Waals surface area contributed by atoms with Crippen molar-refractivity contribution in [2.24, 2.45) is 5.73 Å². The molecule has 3 N–H and O–H groups in total. The van der Waals surface area contributed by atoms with Gasteiger partial charge in [-0.2, -0.15) is 0 Å². The zero-order valence-electron chi connectivity index (χ0n) is 11.3.